The molecule has 1 fully saturated rings. The van der Waals surface area contributed by atoms with Gasteiger partial charge in [-0.2, -0.15) is 0 Å². The molecule has 3 nitrogen and oxygen atoms in total. The summed E-state index contributed by atoms with van der Waals surface area (Å²) in [6.07, 6.45) is 3.10. The topological polar surface area (TPSA) is 35.5 Å². The number of likely N-dealkylation sites (N-methyl/N-ethyl adjacent to an activating group) is 1. The first-order valence-electron chi connectivity index (χ1n) is 5.52. The summed E-state index contributed by atoms with van der Waals surface area (Å²) >= 11 is 0. The lowest BCUT2D eigenvalue weighted by atomic mass is 10.0. The van der Waals surface area contributed by atoms with Crippen LogP contribution in [-0.4, -0.2) is 48.3 Å². The van der Waals surface area contributed by atoms with Crippen molar-refractivity contribution in [3.63, 3.8) is 0 Å². The van der Waals surface area contributed by atoms with Crippen molar-refractivity contribution in [2.75, 3.05) is 20.6 Å². The van der Waals surface area contributed by atoms with E-state index in [4.69, 9.17) is 0 Å². The third-order valence-corrected chi connectivity index (χ3v) is 3.49. The van der Waals surface area contributed by atoms with Crippen LogP contribution in [0.3, 0.4) is 0 Å². The van der Waals surface area contributed by atoms with E-state index in [-0.39, 0.29) is 11.6 Å². The number of aliphatic hydroxyl groups excluding tert-OH is 1. The number of nitrogens with one attached hydrogen (secondary N) is 1. The van der Waals surface area contributed by atoms with Crippen molar-refractivity contribution in [2.24, 2.45) is 0 Å². The van der Waals surface area contributed by atoms with Gasteiger partial charge >= 0.3 is 0 Å². The van der Waals surface area contributed by atoms with Crippen molar-refractivity contribution in [2.45, 2.75) is 50.8 Å². The van der Waals surface area contributed by atoms with Crippen LogP contribution in [-0.2, 0) is 0 Å². The summed E-state index contributed by atoms with van der Waals surface area (Å²) in [7, 11) is 4.18. The van der Waals surface area contributed by atoms with Crippen molar-refractivity contribution < 1.29 is 5.11 Å². The molecule has 1 saturated carbocycles. The predicted octanol–water partition coefficient (Wildman–Crippen LogP) is 0.830. The Hall–Kier alpha value is -0.120. The van der Waals surface area contributed by atoms with E-state index >= 15 is 0 Å². The molecule has 1 aliphatic carbocycles. The number of aliphatic hydroxyl groups is 1. The summed E-state index contributed by atoms with van der Waals surface area (Å²) in [6, 6.07) is 0.314. The molecule has 0 bridgehead atoms. The van der Waals surface area contributed by atoms with Gasteiger partial charge in [-0.15, -0.1) is 0 Å². The molecule has 1 aliphatic rings. The van der Waals surface area contributed by atoms with Crippen LogP contribution in [0, 0.1) is 0 Å². The molecule has 0 radical (unpaired) electrons. The minimum atomic E-state index is -0.132. The largest absolute Gasteiger partial charge is 0.392 e. The smallest absolute Gasteiger partial charge is 0.0693 e. The summed E-state index contributed by atoms with van der Waals surface area (Å²) in [4.78, 5) is 2.21. The van der Waals surface area contributed by atoms with E-state index in [2.05, 4.69) is 38.2 Å². The van der Waals surface area contributed by atoms with Crippen molar-refractivity contribution in [1.29, 1.82) is 0 Å². The highest BCUT2D eigenvalue weighted by Gasteiger charge is 2.27. The van der Waals surface area contributed by atoms with Crippen LogP contribution in [0.1, 0.15) is 33.1 Å². The van der Waals surface area contributed by atoms with Gasteiger partial charge in [0.25, 0.3) is 0 Å². The highest BCUT2D eigenvalue weighted by atomic mass is 16.3. The van der Waals surface area contributed by atoms with Crippen LogP contribution in [0.2, 0.25) is 0 Å². The van der Waals surface area contributed by atoms with Crippen LogP contribution in [0.5, 0.6) is 0 Å². The molecule has 14 heavy (non-hydrogen) atoms. The first-order valence-corrected chi connectivity index (χ1v) is 5.52. The number of rotatable bonds is 4. The van der Waals surface area contributed by atoms with Crippen LogP contribution in [0.15, 0.2) is 0 Å². The molecule has 3 heteroatoms. The lowest BCUT2D eigenvalue weighted by Crippen LogP contribution is -2.50. The fourth-order valence-electron chi connectivity index (χ4n) is 1.72. The van der Waals surface area contributed by atoms with E-state index in [0.717, 1.165) is 25.8 Å². The maximum absolute atomic E-state index is 9.65. The van der Waals surface area contributed by atoms with Gasteiger partial charge in [0, 0.05) is 18.1 Å². The fourth-order valence-corrected chi connectivity index (χ4v) is 1.72. The Balaban J connectivity index is 2.32. The number of nitrogens with zero attached hydrogens (tertiary/aromatic N) is 1. The maximum atomic E-state index is 9.65. The van der Waals surface area contributed by atoms with Crippen LogP contribution in [0.25, 0.3) is 0 Å². The van der Waals surface area contributed by atoms with E-state index in [9.17, 15) is 5.11 Å². The molecule has 0 heterocycles. The van der Waals surface area contributed by atoms with Gasteiger partial charge in [0.15, 0.2) is 0 Å². The first-order chi connectivity index (χ1) is 6.43. The standard InChI is InChI=1S/C11H24N2O/c1-11(2,13(3)4)8-12-9-6-5-7-10(9)14/h9-10,12,14H,5-8H2,1-4H3/t9-,10-/m0/s1. The molecule has 2 atom stereocenters. The number of hydrogen-bond donors (Lipinski definition) is 2. The Morgan fingerprint density at radius 1 is 1.36 bits per heavy atom. The van der Waals surface area contributed by atoms with E-state index in [0.29, 0.717) is 6.04 Å². The van der Waals surface area contributed by atoms with Gasteiger partial charge in [-0.1, -0.05) is 0 Å². The average Bonchev–Trinajstić information content (AvgIpc) is 2.47. The maximum Gasteiger partial charge on any atom is 0.0693 e. The highest BCUT2D eigenvalue weighted by molar-refractivity contribution is 4.87. The highest BCUT2D eigenvalue weighted by Crippen LogP contribution is 2.19. The molecule has 0 aromatic heterocycles. The summed E-state index contributed by atoms with van der Waals surface area (Å²) in [6.45, 7) is 5.35. The Kier molecular flexibility index (Phi) is 3.93. The summed E-state index contributed by atoms with van der Waals surface area (Å²) in [5, 5.41) is 13.1. The van der Waals surface area contributed by atoms with Crippen molar-refractivity contribution in [3.05, 3.63) is 0 Å². The molecule has 0 spiro atoms. The minimum Gasteiger partial charge on any atom is -0.392 e. The van der Waals surface area contributed by atoms with Gasteiger partial charge in [-0.3, -0.25) is 0 Å². The first kappa shape index (κ1) is 12.0. The zero-order valence-corrected chi connectivity index (χ0v) is 9.88. The lowest BCUT2D eigenvalue weighted by Gasteiger charge is -2.34. The monoisotopic (exact) mass is 200 g/mol. The minimum absolute atomic E-state index is 0.132. The second-order valence-electron chi connectivity index (χ2n) is 5.19. The molecule has 84 valence electrons. The van der Waals surface area contributed by atoms with Gasteiger partial charge in [-0.25, -0.2) is 0 Å². The summed E-state index contributed by atoms with van der Waals surface area (Å²) in [5.41, 5.74) is 0.155. The van der Waals surface area contributed by atoms with Crippen LogP contribution in [0.4, 0.5) is 0 Å². The van der Waals surface area contributed by atoms with Crippen molar-refractivity contribution in [1.82, 2.24) is 10.2 Å². The molecule has 0 unspecified atom stereocenters. The molecule has 1 rings (SSSR count). The quantitative estimate of drug-likeness (QED) is 0.705. The molecule has 0 aromatic carbocycles. The van der Waals surface area contributed by atoms with Gasteiger partial charge in [0.1, 0.15) is 0 Å². The third kappa shape index (κ3) is 2.94. The molecule has 0 aromatic rings. The van der Waals surface area contributed by atoms with Gasteiger partial charge in [0.2, 0.25) is 0 Å². The normalized spacial score (nSPS) is 28.7. The van der Waals surface area contributed by atoms with E-state index < -0.39 is 0 Å². The molecule has 0 amide bonds. The number of hydrogen-bond acceptors (Lipinski definition) is 3. The van der Waals surface area contributed by atoms with Gasteiger partial charge < -0.3 is 15.3 Å². The zero-order valence-electron chi connectivity index (χ0n) is 9.88. The summed E-state index contributed by atoms with van der Waals surface area (Å²) < 4.78 is 0. The predicted molar refractivity (Wildman–Crippen MR) is 59.4 cm³/mol. The average molecular weight is 200 g/mol. The summed E-state index contributed by atoms with van der Waals surface area (Å²) in [5.74, 6) is 0. The Bertz CT molecular complexity index is 180. The lowest BCUT2D eigenvalue weighted by molar-refractivity contribution is 0.129. The fraction of sp³-hybridized carbons (Fsp3) is 1.00. The molecule has 0 saturated heterocycles. The van der Waals surface area contributed by atoms with E-state index in [1.165, 1.54) is 0 Å². The van der Waals surface area contributed by atoms with Gasteiger partial charge in [-0.05, 0) is 47.2 Å². The van der Waals surface area contributed by atoms with E-state index in [1.54, 1.807) is 0 Å². The second kappa shape index (κ2) is 4.60. The van der Waals surface area contributed by atoms with E-state index in [1.807, 2.05) is 0 Å². The Morgan fingerprint density at radius 2 is 2.00 bits per heavy atom. The van der Waals surface area contributed by atoms with Crippen LogP contribution < -0.4 is 5.32 Å². The van der Waals surface area contributed by atoms with Crippen molar-refractivity contribution >= 4 is 0 Å². The van der Waals surface area contributed by atoms with Gasteiger partial charge in [0.05, 0.1) is 6.10 Å². The molecular weight excluding hydrogens is 176 g/mol. The Labute approximate surface area is 87.5 Å². The Morgan fingerprint density at radius 3 is 2.43 bits per heavy atom. The second-order valence-corrected chi connectivity index (χ2v) is 5.19. The van der Waals surface area contributed by atoms with Crippen molar-refractivity contribution in [3.8, 4) is 0 Å². The third-order valence-electron chi connectivity index (χ3n) is 3.49. The zero-order chi connectivity index (χ0) is 10.8. The molecule has 0 aliphatic heterocycles. The molecule has 2 N–H and O–H groups in total. The molecular formula is C11H24N2O. The van der Waals surface area contributed by atoms with Crippen LogP contribution >= 0.6 is 0 Å². The SMILES string of the molecule is CN(C)C(C)(C)CN[C@H]1CCC[C@@H]1O.